The van der Waals surface area contributed by atoms with Crippen LogP contribution in [0, 0.1) is 0 Å². The fourth-order valence-electron chi connectivity index (χ4n) is 2.92. The first kappa shape index (κ1) is 17.4. The van der Waals surface area contributed by atoms with Crippen LogP contribution in [-0.4, -0.2) is 48.6 Å². The molecule has 1 amide bonds. The highest BCUT2D eigenvalue weighted by Gasteiger charge is 2.34. The maximum absolute atomic E-state index is 12.3. The molecule has 0 saturated carbocycles. The summed E-state index contributed by atoms with van der Waals surface area (Å²) in [7, 11) is 3.63. The summed E-state index contributed by atoms with van der Waals surface area (Å²) in [6.45, 7) is 1.22. The Hall–Kier alpha value is -2.44. The monoisotopic (exact) mass is 341 g/mol. The lowest BCUT2D eigenvalue weighted by molar-refractivity contribution is -0.125. The molecule has 1 N–H and O–H groups in total. The molecule has 25 heavy (non-hydrogen) atoms. The van der Waals surface area contributed by atoms with Gasteiger partial charge in [-0.2, -0.15) is 0 Å². The Labute approximate surface area is 147 Å². The van der Waals surface area contributed by atoms with E-state index in [1.54, 1.807) is 19.4 Å². The zero-order valence-electron chi connectivity index (χ0n) is 14.5. The van der Waals surface area contributed by atoms with Crippen LogP contribution in [0.25, 0.3) is 0 Å². The summed E-state index contributed by atoms with van der Waals surface area (Å²) in [4.78, 5) is 18.7. The smallest absolute Gasteiger partial charge is 0.237 e. The number of likely N-dealkylation sites (N-methyl/N-ethyl adjacent to an activating group) is 1. The van der Waals surface area contributed by atoms with Crippen molar-refractivity contribution < 1.29 is 14.3 Å². The number of aromatic nitrogens is 1. The fourth-order valence-corrected chi connectivity index (χ4v) is 2.92. The molecule has 1 aromatic carbocycles. The van der Waals surface area contributed by atoms with Gasteiger partial charge in [0.1, 0.15) is 5.75 Å². The van der Waals surface area contributed by atoms with E-state index in [0.717, 1.165) is 24.3 Å². The van der Waals surface area contributed by atoms with Gasteiger partial charge in [0.2, 0.25) is 11.8 Å². The lowest BCUT2D eigenvalue weighted by Crippen LogP contribution is -2.41. The van der Waals surface area contributed by atoms with E-state index in [1.807, 2.05) is 48.3 Å². The normalized spacial score (nSPS) is 20.4. The number of pyridine rings is 1. The molecule has 0 unspecified atom stereocenters. The van der Waals surface area contributed by atoms with Crippen molar-refractivity contribution in [2.24, 2.45) is 0 Å². The Balaban J connectivity index is 1.51. The SMILES string of the molecule is CO[C@H]1C[C@@H](C(=O)NCc2ccc(Oc3ccccc3)nc2)N(C)C1. The Morgan fingerprint density at radius 3 is 2.72 bits per heavy atom. The standard InChI is InChI=1S/C19H23N3O3/c1-22-13-16(24-2)10-17(22)19(23)21-12-14-8-9-18(20-11-14)25-15-6-4-3-5-7-15/h3-9,11,16-17H,10,12-13H2,1-2H3,(H,21,23)/t16-,17-/m0/s1. The zero-order chi connectivity index (χ0) is 17.6. The number of carbonyl (C=O) groups excluding carboxylic acids is 1. The van der Waals surface area contributed by atoms with Crippen LogP contribution in [0.1, 0.15) is 12.0 Å². The maximum atomic E-state index is 12.3. The highest BCUT2D eigenvalue weighted by atomic mass is 16.5. The number of rotatable bonds is 6. The molecule has 1 saturated heterocycles. The van der Waals surface area contributed by atoms with Crippen LogP contribution in [-0.2, 0) is 16.1 Å². The number of amides is 1. The van der Waals surface area contributed by atoms with E-state index in [9.17, 15) is 4.79 Å². The van der Waals surface area contributed by atoms with E-state index in [1.165, 1.54) is 0 Å². The molecule has 0 bridgehead atoms. The Morgan fingerprint density at radius 1 is 1.28 bits per heavy atom. The molecule has 1 aromatic heterocycles. The van der Waals surface area contributed by atoms with Gasteiger partial charge in [0.15, 0.2) is 0 Å². The van der Waals surface area contributed by atoms with Crippen LogP contribution in [0.3, 0.4) is 0 Å². The number of hydrogen-bond acceptors (Lipinski definition) is 5. The Morgan fingerprint density at radius 2 is 2.08 bits per heavy atom. The fraction of sp³-hybridized carbons (Fsp3) is 0.368. The van der Waals surface area contributed by atoms with Crippen molar-refractivity contribution in [2.45, 2.75) is 25.1 Å². The molecule has 0 radical (unpaired) electrons. The minimum Gasteiger partial charge on any atom is -0.439 e. The average molecular weight is 341 g/mol. The zero-order valence-corrected chi connectivity index (χ0v) is 14.5. The van der Waals surface area contributed by atoms with Gasteiger partial charge in [-0.05, 0) is 31.2 Å². The van der Waals surface area contributed by atoms with Crippen molar-refractivity contribution in [3.63, 3.8) is 0 Å². The molecule has 6 nitrogen and oxygen atoms in total. The average Bonchev–Trinajstić information content (AvgIpc) is 3.03. The summed E-state index contributed by atoms with van der Waals surface area (Å²) in [6.07, 6.45) is 2.56. The van der Waals surface area contributed by atoms with Gasteiger partial charge in [0, 0.05) is 32.5 Å². The molecular formula is C19H23N3O3. The lowest BCUT2D eigenvalue weighted by atomic mass is 10.2. The molecule has 0 aliphatic carbocycles. The quantitative estimate of drug-likeness (QED) is 0.873. The van der Waals surface area contributed by atoms with Gasteiger partial charge in [0.25, 0.3) is 0 Å². The van der Waals surface area contributed by atoms with Crippen molar-refractivity contribution >= 4 is 5.91 Å². The summed E-state index contributed by atoms with van der Waals surface area (Å²) in [6, 6.07) is 13.1. The molecule has 2 atom stereocenters. The van der Waals surface area contributed by atoms with Gasteiger partial charge in [-0.1, -0.05) is 24.3 Å². The van der Waals surface area contributed by atoms with E-state index in [-0.39, 0.29) is 18.1 Å². The number of nitrogens with one attached hydrogen (secondary N) is 1. The second kappa shape index (κ2) is 8.09. The predicted octanol–water partition coefficient (Wildman–Crippen LogP) is 2.21. The minimum absolute atomic E-state index is 0.0201. The lowest BCUT2D eigenvalue weighted by Gasteiger charge is -2.18. The molecular weight excluding hydrogens is 318 g/mol. The number of carbonyl (C=O) groups is 1. The van der Waals surface area contributed by atoms with Crippen LogP contribution >= 0.6 is 0 Å². The minimum atomic E-state index is -0.140. The maximum Gasteiger partial charge on any atom is 0.237 e. The topological polar surface area (TPSA) is 63.7 Å². The molecule has 2 heterocycles. The summed E-state index contributed by atoms with van der Waals surface area (Å²) >= 11 is 0. The van der Waals surface area contributed by atoms with Crippen LogP contribution < -0.4 is 10.1 Å². The van der Waals surface area contributed by atoms with Crippen LogP contribution in [0.4, 0.5) is 0 Å². The number of benzene rings is 1. The highest BCUT2D eigenvalue weighted by molar-refractivity contribution is 5.82. The van der Waals surface area contributed by atoms with Crippen molar-refractivity contribution in [3.05, 3.63) is 54.2 Å². The second-order valence-electron chi connectivity index (χ2n) is 6.19. The van der Waals surface area contributed by atoms with Gasteiger partial charge < -0.3 is 14.8 Å². The van der Waals surface area contributed by atoms with Crippen molar-refractivity contribution in [2.75, 3.05) is 20.7 Å². The summed E-state index contributed by atoms with van der Waals surface area (Å²) in [5.41, 5.74) is 0.928. The van der Waals surface area contributed by atoms with Crippen LogP contribution in [0.5, 0.6) is 11.6 Å². The van der Waals surface area contributed by atoms with E-state index in [4.69, 9.17) is 9.47 Å². The number of para-hydroxylation sites is 1. The number of likely N-dealkylation sites (tertiary alicyclic amines) is 1. The summed E-state index contributed by atoms with van der Waals surface area (Å²) < 4.78 is 11.0. The molecule has 6 heteroatoms. The van der Waals surface area contributed by atoms with Crippen LogP contribution in [0.2, 0.25) is 0 Å². The van der Waals surface area contributed by atoms with E-state index >= 15 is 0 Å². The van der Waals surface area contributed by atoms with Gasteiger partial charge in [-0.15, -0.1) is 0 Å². The summed E-state index contributed by atoms with van der Waals surface area (Å²) in [5, 5.41) is 2.97. The first-order chi connectivity index (χ1) is 12.2. The molecule has 0 spiro atoms. The Bertz CT molecular complexity index is 691. The van der Waals surface area contributed by atoms with E-state index < -0.39 is 0 Å². The van der Waals surface area contributed by atoms with Gasteiger partial charge >= 0.3 is 0 Å². The Kier molecular flexibility index (Phi) is 5.63. The number of hydrogen-bond donors (Lipinski definition) is 1. The van der Waals surface area contributed by atoms with Gasteiger partial charge in [-0.3, -0.25) is 9.69 Å². The first-order valence-electron chi connectivity index (χ1n) is 8.34. The molecule has 1 aliphatic heterocycles. The van der Waals surface area contributed by atoms with Crippen LogP contribution in [0.15, 0.2) is 48.7 Å². The molecule has 3 rings (SSSR count). The molecule has 1 aliphatic rings. The van der Waals surface area contributed by atoms with Crippen molar-refractivity contribution in [1.29, 1.82) is 0 Å². The third-order valence-electron chi connectivity index (χ3n) is 4.38. The highest BCUT2D eigenvalue weighted by Crippen LogP contribution is 2.19. The van der Waals surface area contributed by atoms with Crippen molar-refractivity contribution in [1.82, 2.24) is 15.2 Å². The third kappa shape index (κ3) is 4.55. The molecule has 1 fully saturated rings. The van der Waals surface area contributed by atoms with Crippen molar-refractivity contribution in [3.8, 4) is 11.6 Å². The first-order valence-corrected chi connectivity index (χ1v) is 8.34. The number of methoxy groups -OCH3 is 1. The van der Waals surface area contributed by atoms with Gasteiger partial charge in [-0.25, -0.2) is 4.98 Å². The summed E-state index contributed by atoms with van der Waals surface area (Å²) in [5.74, 6) is 1.29. The molecule has 132 valence electrons. The van der Waals surface area contributed by atoms with Gasteiger partial charge in [0.05, 0.1) is 12.1 Å². The van der Waals surface area contributed by atoms with E-state index in [0.29, 0.717) is 12.4 Å². The molecule has 2 aromatic rings. The predicted molar refractivity (Wildman–Crippen MR) is 94.4 cm³/mol. The third-order valence-corrected chi connectivity index (χ3v) is 4.38. The largest absolute Gasteiger partial charge is 0.439 e. The number of ether oxygens (including phenoxy) is 2. The number of nitrogens with zero attached hydrogens (tertiary/aromatic N) is 2. The van der Waals surface area contributed by atoms with E-state index in [2.05, 4.69) is 10.3 Å². The second-order valence-corrected chi connectivity index (χ2v) is 6.19.